The largest absolute Gasteiger partial charge is 0.493 e. The van der Waals surface area contributed by atoms with Crippen LogP contribution >= 0.6 is 0 Å². The summed E-state index contributed by atoms with van der Waals surface area (Å²) in [6, 6.07) is 11.7. The van der Waals surface area contributed by atoms with Crippen LogP contribution in [0.25, 0.3) is 6.08 Å². The van der Waals surface area contributed by atoms with Gasteiger partial charge in [-0.2, -0.15) is 0 Å². The highest BCUT2D eigenvalue weighted by Gasteiger charge is 2.07. The molecule has 7 heteroatoms. The first-order valence-electron chi connectivity index (χ1n) is 8.08. The van der Waals surface area contributed by atoms with E-state index in [-0.39, 0.29) is 18.3 Å². The van der Waals surface area contributed by atoms with Crippen molar-refractivity contribution in [2.45, 2.75) is 6.92 Å². The molecule has 0 spiro atoms. The minimum atomic E-state index is -0.591. The van der Waals surface area contributed by atoms with Crippen molar-refractivity contribution in [2.24, 2.45) is 5.73 Å². The van der Waals surface area contributed by atoms with Crippen LogP contribution in [-0.2, 0) is 9.59 Å². The van der Waals surface area contributed by atoms with Gasteiger partial charge in [0.25, 0.3) is 5.91 Å². The van der Waals surface area contributed by atoms with E-state index in [1.165, 1.54) is 20.1 Å². The van der Waals surface area contributed by atoms with Crippen LogP contribution in [0.15, 0.2) is 48.5 Å². The Balaban J connectivity index is 2.06. The Bertz CT molecular complexity index is 890. The summed E-state index contributed by atoms with van der Waals surface area (Å²) in [6.07, 6.45) is 2.96. The second kappa shape index (κ2) is 9.19. The Morgan fingerprint density at radius 2 is 1.89 bits per heavy atom. The summed E-state index contributed by atoms with van der Waals surface area (Å²) in [4.78, 5) is 34.3. The van der Waals surface area contributed by atoms with Crippen molar-refractivity contribution in [1.82, 2.24) is 0 Å². The van der Waals surface area contributed by atoms with Gasteiger partial charge in [0.2, 0.25) is 5.91 Å². The Kier molecular flexibility index (Phi) is 6.71. The molecule has 0 aliphatic rings. The maximum Gasteiger partial charge on any atom is 0.255 e. The molecular formula is C20H20N2O5. The average molecular weight is 368 g/mol. The van der Waals surface area contributed by atoms with E-state index in [1.807, 2.05) is 0 Å². The number of ether oxygens (including phenoxy) is 2. The summed E-state index contributed by atoms with van der Waals surface area (Å²) in [5.41, 5.74) is 6.81. The van der Waals surface area contributed by atoms with E-state index in [0.29, 0.717) is 28.3 Å². The highest BCUT2D eigenvalue weighted by Crippen LogP contribution is 2.28. The standard InChI is InChI=1S/C20H20N2O5/c1-13(23)15-4-3-5-16(11-15)22-20(25)9-7-14-6-8-17(18(10-14)26-2)27-12-19(21)24/h3-11H,12H2,1-2H3,(H2,21,24)(H,22,25)/b9-7+. The fourth-order valence-electron chi connectivity index (χ4n) is 2.23. The van der Waals surface area contributed by atoms with Gasteiger partial charge in [0.15, 0.2) is 23.9 Å². The number of anilines is 1. The van der Waals surface area contributed by atoms with Crippen molar-refractivity contribution >= 4 is 29.4 Å². The van der Waals surface area contributed by atoms with E-state index in [9.17, 15) is 14.4 Å². The van der Waals surface area contributed by atoms with E-state index in [0.717, 1.165) is 0 Å². The lowest BCUT2D eigenvalue weighted by atomic mass is 10.1. The number of methoxy groups -OCH3 is 1. The maximum atomic E-state index is 12.1. The number of carbonyl (C=O) groups is 3. The molecule has 7 nitrogen and oxygen atoms in total. The van der Waals surface area contributed by atoms with Gasteiger partial charge in [0.1, 0.15) is 0 Å². The van der Waals surface area contributed by atoms with Crippen LogP contribution < -0.4 is 20.5 Å². The SMILES string of the molecule is COc1cc(/C=C/C(=O)Nc2cccc(C(C)=O)c2)ccc1OCC(N)=O. The molecule has 0 radical (unpaired) electrons. The molecule has 2 aromatic carbocycles. The molecule has 0 heterocycles. The fourth-order valence-corrected chi connectivity index (χ4v) is 2.23. The number of ketones is 1. The second-order valence-corrected chi connectivity index (χ2v) is 5.62. The molecule has 2 rings (SSSR count). The maximum absolute atomic E-state index is 12.1. The normalized spacial score (nSPS) is 10.4. The molecule has 0 atom stereocenters. The Morgan fingerprint density at radius 1 is 1.11 bits per heavy atom. The first-order valence-corrected chi connectivity index (χ1v) is 8.08. The monoisotopic (exact) mass is 368 g/mol. The molecule has 0 bridgehead atoms. The first kappa shape index (κ1) is 19.7. The van der Waals surface area contributed by atoms with E-state index in [2.05, 4.69) is 5.32 Å². The van der Waals surface area contributed by atoms with E-state index in [1.54, 1.807) is 48.5 Å². The molecule has 0 aliphatic carbocycles. The highest BCUT2D eigenvalue weighted by atomic mass is 16.5. The molecule has 140 valence electrons. The third-order valence-electron chi connectivity index (χ3n) is 3.52. The topological polar surface area (TPSA) is 108 Å². The van der Waals surface area contributed by atoms with Gasteiger partial charge in [-0.05, 0) is 42.8 Å². The van der Waals surface area contributed by atoms with Gasteiger partial charge in [-0.3, -0.25) is 14.4 Å². The number of Topliss-reactive ketones (excluding diaryl/α,β-unsaturated/α-hetero) is 1. The fraction of sp³-hybridized carbons (Fsp3) is 0.150. The zero-order valence-electron chi connectivity index (χ0n) is 15.0. The molecule has 3 N–H and O–H groups in total. The quantitative estimate of drug-likeness (QED) is 0.549. The molecule has 0 fully saturated rings. The number of rotatable bonds is 8. The number of nitrogens with two attached hydrogens (primary N) is 1. The van der Waals surface area contributed by atoms with Crippen molar-refractivity contribution in [3.63, 3.8) is 0 Å². The number of primary amides is 1. The Labute approximate surface area is 156 Å². The van der Waals surface area contributed by atoms with Crippen molar-refractivity contribution in [3.05, 3.63) is 59.7 Å². The number of hydrogen-bond acceptors (Lipinski definition) is 5. The van der Waals surface area contributed by atoms with Gasteiger partial charge in [-0.15, -0.1) is 0 Å². The lowest BCUT2D eigenvalue weighted by Gasteiger charge is -2.10. The van der Waals surface area contributed by atoms with Gasteiger partial charge in [0.05, 0.1) is 7.11 Å². The summed E-state index contributed by atoms with van der Waals surface area (Å²) in [6.45, 7) is 1.21. The first-order chi connectivity index (χ1) is 12.9. The van der Waals surface area contributed by atoms with Gasteiger partial charge >= 0.3 is 0 Å². The van der Waals surface area contributed by atoms with Crippen molar-refractivity contribution in [1.29, 1.82) is 0 Å². The molecule has 27 heavy (non-hydrogen) atoms. The predicted octanol–water partition coefficient (Wildman–Crippen LogP) is 2.41. The molecule has 2 aromatic rings. The van der Waals surface area contributed by atoms with Gasteiger partial charge in [-0.1, -0.05) is 18.2 Å². The van der Waals surface area contributed by atoms with Crippen molar-refractivity contribution in [2.75, 3.05) is 19.0 Å². The lowest BCUT2D eigenvalue weighted by Crippen LogP contribution is -2.20. The van der Waals surface area contributed by atoms with E-state index < -0.39 is 5.91 Å². The van der Waals surface area contributed by atoms with Crippen LogP contribution in [0.1, 0.15) is 22.8 Å². The number of hydrogen-bond donors (Lipinski definition) is 2. The number of nitrogens with one attached hydrogen (secondary N) is 1. The van der Waals surface area contributed by atoms with Crippen molar-refractivity contribution < 1.29 is 23.9 Å². The van der Waals surface area contributed by atoms with E-state index in [4.69, 9.17) is 15.2 Å². The smallest absolute Gasteiger partial charge is 0.255 e. The lowest BCUT2D eigenvalue weighted by molar-refractivity contribution is -0.120. The average Bonchev–Trinajstić information content (AvgIpc) is 2.65. The molecule has 0 saturated heterocycles. The van der Waals surface area contributed by atoms with Crippen LogP contribution in [0, 0.1) is 0 Å². The molecular weight excluding hydrogens is 348 g/mol. The summed E-state index contributed by atoms with van der Waals surface area (Å²) in [7, 11) is 1.47. The van der Waals surface area contributed by atoms with Crippen molar-refractivity contribution in [3.8, 4) is 11.5 Å². The van der Waals surface area contributed by atoms with Crippen LogP contribution in [0.2, 0.25) is 0 Å². The summed E-state index contributed by atoms with van der Waals surface area (Å²) in [5.74, 6) is -0.227. The zero-order valence-corrected chi connectivity index (χ0v) is 15.0. The highest BCUT2D eigenvalue weighted by molar-refractivity contribution is 6.03. The predicted molar refractivity (Wildman–Crippen MR) is 102 cm³/mol. The third-order valence-corrected chi connectivity index (χ3v) is 3.52. The third kappa shape index (κ3) is 6.00. The molecule has 2 amide bonds. The Morgan fingerprint density at radius 3 is 2.56 bits per heavy atom. The zero-order chi connectivity index (χ0) is 19.8. The number of carbonyl (C=O) groups excluding carboxylic acids is 3. The van der Waals surface area contributed by atoms with Gasteiger partial charge in [-0.25, -0.2) is 0 Å². The number of benzene rings is 2. The van der Waals surface area contributed by atoms with Crippen LogP contribution in [0.4, 0.5) is 5.69 Å². The molecule has 0 unspecified atom stereocenters. The van der Waals surface area contributed by atoms with Crippen LogP contribution in [0.5, 0.6) is 11.5 Å². The molecule has 0 saturated carbocycles. The van der Waals surface area contributed by atoms with Crippen LogP contribution in [0.3, 0.4) is 0 Å². The minimum Gasteiger partial charge on any atom is -0.493 e. The summed E-state index contributed by atoms with van der Waals surface area (Å²) in [5, 5.41) is 2.69. The molecule has 0 aliphatic heterocycles. The Hall–Kier alpha value is -3.61. The molecule has 0 aromatic heterocycles. The summed E-state index contributed by atoms with van der Waals surface area (Å²) < 4.78 is 10.5. The van der Waals surface area contributed by atoms with Crippen LogP contribution in [-0.4, -0.2) is 31.3 Å². The van der Waals surface area contributed by atoms with Gasteiger partial charge in [0, 0.05) is 17.3 Å². The summed E-state index contributed by atoms with van der Waals surface area (Å²) >= 11 is 0. The van der Waals surface area contributed by atoms with Gasteiger partial charge < -0.3 is 20.5 Å². The number of amides is 2. The minimum absolute atomic E-state index is 0.0765. The van der Waals surface area contributed by atoms with E-state index >= 15 is 0 Å². The second-order valence-electron chi connectivity index (χ2n) is 5.62.